The van der Waals surface area contributed by atoms with Crippen LogP contribution in [0.25, 0.3) is 11.0 Å². The number of hydrogen-bond acceptors (Lipinski definition) is 3. The molecule has 0 aliphatic heterocycles. The molecule has 24 heavy (non-hydrogen) atoms. The van der Waals surface area contributed by atoms with Gasteiger partial charge in [-0.05, 0) is 46.1 Å². The number of halogens is 1. The first-order chi connectivity index (χ1) is 11.6. The van der Waals surface area contributed by atoms with E-state index in [1.165, 1.54) is 0 Å². The average molecular weight is 384 g/mol. The Morgan fingerprint density at radius 1 is 1.21 bits per heavy atom. The number of amides is 1. The molecule has 0 spiro atoms. The molecule has 0 radical (unpaired) electrons. The molecule has 1 heterocycles. The van der Waals surface area contributed by atoms with Crippen molar-refractivity contribution < 1.29 is 9.21 Å². The molecule has 0 aliphatic rings. The first-order valence-electron chi connectivity index (χ1n) is 7.32. The van der Waals surface area contributed by atoms with Crippen molar-refractivity contribution in [2.45, 2.75) is 6.42 Å². The van der Waals surface area contributed by atoms with E-state index in [0.717, 1.165) is 10.0 Å². The van der Waals surface area contributed by atoms with E-state index < -0.39 is 11.5 Å². The number of carbonyl (C=O) groups excluding carboxylic acids is 1. The summed E-state index contributed by atoms with van der Waals surface area (Å²) in [4.78, 5) is 24.7. The Kier molecular flexibility index (Phi) is 4.62. The summed E-state index contributed by atoms with van der Waals surface area (Å²) in [6, 6.07) is 14.3. The zero-order valence-corrected chi connectivity index (χ0v) is 14.3. The largest absolute Gasteiger partial charge is 0.422 e. The third-order valence-corrected chi connectivity index (χ3v) is 4.26. The fourth-order valence-corrected chi connectivity index (χ4v) is 2.82. The van der Waals surface area contributed by atoms with E-state index in [0.29, 0.717) is 23.1 Å². The Bertz CT molecular complexity index is 991. The van der Waals surface area contributed by atoms with Crippen LogP contribution < -0.4 is 10.9 Å². The number of anilines is 1. The lowest BCUT2D eigenvalue weighted by molar-refractivity contribution is 0.102. The number of carbonyl (C=O) groups is 1. The molecule has 4 nitrogen and oxygen atoms in total. The lowest BCUT2D eigenvalue weighted by Crippen LogP contribution is -2.21. The van der Waals surface area contributed by atoms with Gasteiger partial charge in [0.25, 0.3) is 5.91 Å². The fraction of sp³-hybridized carbons (Fsp3) is 0.0526. The Morgan fingerprint density at radius 3 is 2.75 bits per heavy atom. The third kappa shape index (κ3) is 3.16. The minimum atomic E-state index is -0.663. The predicted molar refractivity (Wildman–Crippen MR) is 98.5 cm³/mol. The van der Waals surface area contributed by atoms with Crippen molar-refractivity contribution in [3.63, 3.8) is 0 Å². The predicted octanol–water partition coefficient (Wildman–Crippen LogP) is 4.54. The van der Waals surface area contributed by atoms with E-state index in [-0.39, 0.29) is 5.56 Å². The molecule has 1 N–H and O–H groups in total. The molecule has 0 aliphatic carbocycles. The normalized spacial score (nSPS) is 10.5. The van der Waals surface area contributed by atoms with Crippen LogP contribution in [0.15, 0.2) is 74.9 Å². The van der Waals surface area contributed by atoms with Gasteiger partial charge >= 0.3 is 5.63 Å². The molecule has 0 bridgehead atoms. The van der Waals surface area contributed by atoms with Gasteiger partial charge in [0.1, 0.15) is 11.1 Å². The molecule has 0 unspecified atom stereocenters. The first-order valence-corrected chi connectivity index (χ1v) is 8.12. The SMILES string of the molecule is C=CCc1cccc2cc(C(=O)Nc3ccccc3Br)c(=O)oc12. The van der Waals surface area contributed by atoms with Gasteiger partial charge in [-0.25, -0.2) is 4.79 Å². The summed E-state index contributed by atoms with van der Waals surface area (Å²) in [6.07, 6.45) is 2.32. The van der Waals surface area contributed by atoms with Crippen LogP contribution in [0.5, 0.6) is 0 Å². The molecular weight excluding hydrogens is 370 g/mol. The van der Waals surface area contributed by atoms with Gasteiger partial charge in [-0.1, -0.05) is 36.4 Å². The van der Waals surface area contributed by atoms with Crippen LogP contribution in [-0.2, 0) is 6.42 Å². The average Bonchev–Trinajstić information content (AvgIpc) is 2.57. The molecule has 0 saturated heterocycles. The number of allylic oxidation sites excluding steroid dienone is 1. The Balaban J connectivity index is 2.02. The number of para-hydroxylation sites is 2. The lowest BCUT2D eigenvalue weighted by Gasteiger charge is -2.08. The van der Waals surface area contributed by atoms with E-state index in [1.54, 1.807) is 36.4 Å². The highest BCUT2D eigenvalue weighted by molar-refractivity contribution is 9.10. The summed E-state index contributed by atoms with van der Waals surface area (Å²) in [5.41, 5.74) is 1.23. The monoisotopic (exact) mass is 383 g/mol. The van der Waals surface area contributed by atoms with Crippen LogP contribution in [0.3, 0.4) is 0 Å². The zero-order valence-electron chi connectivity index (χ0n) is 12.7. The molecule has 120 valence electrons. The van der Waals surface area contributed by atoms with E-state index in [2.05, 4.69) is 27.8 Å². The second kappa shape index (κ2) is 6.84. The van der Waals surface area contributed by atoms with Gasteiger partial charge < -0.3 is 9.73 Å². The van der Waals surface area contributed by atoms with E-state index in [1.807, 2.05) is 18.2 Å². The van der Waals surface area contributed by atoms with Gasteiger partial charge in [0.05, 0.1) is 5.69 Å². The molecule has 1 aromatic heterocycles. The number of hydrogen-bond donors (Lipinski definition) is 1. The summed E-state index contributed by atoms with van der Waals surface area (Å²) >= 11 is 3.36. The van der Waals surface area contributed by atoms with Crippen molar-refractivity contribution >= 4 is 38.5 Å². The Labute approximate surface area is 146 Å². The number of benzene rings is 2. The second-order valence-corrected chi connectivity index (χ2v) is 6.06. The smallest absolute Gasteiger partial charge is 0.349 e. The Morgan fingerprint density at radius 2 is 2.00 bits per heavy atom. The topological polar surface area (TPSA) is 59.3 Å². The van der Waals surface area contributed by atoms with Gasteiger partial charge in [0.2, 0.25) is 0 Å². The Hall–Kier alpha value is -2.66. The van der Waals surface area contributed by atoms with E-state index in [4.69, 9.17) is 4.42 Å². The first kappa shape index (κ1) is 16.2. The van der Waals surface area contributed by atoms with Crippen LogP contribution in [0.2, 0.25) is 0 Å². The third-order valence-electron chi connectivity index (χ3n) is 3.57. The molecule has 1 amide bonds. The quantitative estimate of drug-likeness (QED) is 0.531. The maximum absolute atomic E-state index is 12.4. The lowest BCUT2D eigenvalue weighted by atomic mass is 10.1. The summed E-state index contributed by atoms with van der Waals surface area (Å²) in [5.74, 6) is -0.508. The minimum absolute atomic E-state index is 0.0333. The summed E-state index contributed by atoms with van der Waals surface area (Å²) in [6.45, 7) is 3.70. The van der Waals surface area contributed by atoms with Crippen LogP contribution >= 0.6 is 15.9 Å². The standard InChI is InChI=1S/C19H14BrNO3/c1-2-6-12-7-5-8-13-11-14(19(23)24-17(12)13)18(22)21-16-10-4-3-9-15(16)20/h2-5,7-11H,1,6H2,(H,21,22). The number of fused-ring (bicyclic) bond motifs is 1. The van der Waals surface area contributed by atoms with E-state index >= 15 is 0 Å². The van der Waals surface area contributed by atoms with E-state index in [9.17, 15) is 9.59 Å². The molecule has 2 aromatic carbocycles. The molecule has 0 atom stereocenters. The molecule has 3 rings (SSSR count). The van der Waals surface area contributed by atoms with Gasteiger partial charge in [-0.15, -0.1) is 6.58 Å². The molecule has 0 saturated carbocycles. The van der Waals surface area contributed by atoms with Crippen LogP contribution in [0, 0.1) is 0 Å². The van der Waals surface area contributed by atoms with Gasteiger partial charge in [-0.3, -0.25) is 4.79 Å². The van der Waals surface area contributed by atoms with Gasteiger partial charge in [-0.2, -0.15) is 0 Å². The zero-order chi connectivity index (χ0) is 17.1. The maximum atomic E-state index is 12.4. The second-order valence-electron chi connectivity index (χ2n) is 5.21. The molecule has 3 aromatic rings. The molecule has 5 heteroatoms. The van der Waals surface area contributed by atoms with Crippen LogP contribution in [-0.4, -0.2) is 5.91 Å². The van der Waals surface area contributed by atoms with Crippen molar-refractivity contribution in [1.82, 2.24) is 0 Å². The van der Waals surface area contributed by atoms with Crippen LogP contribution in [0.1, 0.15) is 15.9 Å². The fourth-order valence-electron chi connectivity index (χ4n) is 2.43. The molecular formula is C19H14BrNO3. The van der Waals surface area contributed by atoms with Crippen molar-refractivity contribution in [3.05, 3.63) is 87.2 Å². The van der Waals surface area contributed by atoms with Gasteiger partial charge in [0.15, 0.2) is 0 Å². The number of nitrogens with one attached hydrogen (secondary N) is 1. The van der Waals surface area contributed by atoms with Crippen molar-refractivity contribution in [2.75, 3.05) is 5.32 Å². The highest BCUT2D eigenvalue weighted by Gasteiger charge is 2.16. The number of rotatable bonds is 4. The molecule has 0 fully saturated rings. The highest BCUT2D eigenvalue weighted by atomic mass is 79.9. The minimum Gasteiger partial charge on any atom is -0.422 e. The maximum Gasteiger partial charge on any atom is 0.349 e. The van der Waals surface area contributed by atoms with Crippen molar-refractivity contribution in [1.29, 1.82) is 0 Å². The summed E-state index contributed by atoms with van der Waals surface area (Å²) in [7, 11) is 0. The summed E-state index contributed by atoms with van der Waals surface area (Å²) < 4.78 is 6.12. The van der Waals surface area contributed by atoms with Gasteiger partial charge in [0, 0.05) is 9.86 Å². The highest BCUT2D eigenvalue weighted by Crippen LogP contribution is 2.23. The van der Waals surface area contributed by atoms with Crippen LogP contribution in [0.4, 0.5) is 5.69 Å². The summed E-state index contributed by atoms with van der Waals surface area (Å²) in [5, 5.41) is 3.41. The van der Waals surface area contributed by atoms with Crippen molar-refractivity contribution in [2.24, 2.45) is 0 Å². The van der Waals surface area contributed by atoms with Crippen molar-refractivity contribution in [3.8, 4) is 0 Å².